The number of carbonyl (C=O) groups is 1. The molecule has 1 aromatic carbocycles. The highest BCUT2D eigenvalue weighted by Crippen LogP contribution is 2.42. The molecule has 10 heteroatoms. The molecule has 1 saturated heterocycles. The maximum absolute atomic E-state index is 14.5. The number of carbonyl (C=O) groups excluding carboxylic acids is 1. The van der Waals surface area contributed by atoms with Crippen LogP contribution in [0.2, 0.25) is 0 Å². The average Bonchev–Trinajstić information content (AvgIpc) is 3.38. The van der Waals surface area contributed by atoms with E-state index in [1.165, 1.54) is 12.3 Å². The van der Waals surface area contributed by atoms with E-state index >= 15 is 0 Å². The van der Waals surface area contributed by atoms with Crippen LogP contribution < -0.4 is 21.3 Å². The van der Waals surface area contributed by atoms with E-state index in [4.69, 9.17) is 15.6 Å². The summed E-state index contributed by atoms with van der Waals surface area (Å²) in [6.45, 7) is 7.23. The number of anilines is 1. The number of nitrogens with two attached hydrogens (primary N) is 1. The van der Waals surface area contributed by atoms with Gasteiger partial charge in [0, 0.05) is 50.1 Å². The first kappa shape index (κ1) is 22.1. The van der Waals surface area contributed by atoms with Crippen LogP contribution in [0.25, 0.3) is 0 Å². The summed E-state index contributed by atoms with van der Waals surface area (Å²) in [5.74, 6) is 0.0171. The Morgan fingerprint density at radius 2 is 2.06 bits per heavy atom. The molecule has 5 N–H and O–H groups in total. The number of aliphatic imine (C=N–C) groups is 1. The molecule has 3 aliphatic rings. The number of aliphatic hydroxyl groups is 1. The van der Waals surface area contributed by atoms with E-state index in [0.29, 0.717) is 43.4 Å². The molecule has 1 saturated carbocycles. The molecule has 4 rings (SSSR count). The van der Waals surface area contributed by atoms with Crippen molar-refractivity contribution in [2.45, 2.75) is 31.4 Å². The standard InChI is InChI=1S/C22H29FN6O3/c1-3-25-17(12-19(24)28-6-8-29(9-7-28)20(31)13-30)21-14-10-18(32-22(2)4-5-22)15(23)11-16(14)26-27-21/h3,10-12,21,26-27,30H,1,4-9,13,24H2,2H3/b19-12+,25-17+/t21-/m1/s1. The third-order valence-electron chi connectivity index (χ3n) is 6.04. The number of aliphatic hydroxyl groups excluding tert-OH is 1. The zero-order valence-corrected chi connectivity index (χ0v) is 18.1. The van der Waals surface area contributed by atoms with Crippen LogP contribution in [0.15, 0.2) is 41.8 Å². The minimum absolute atomic E-state index is 0.221. The van der Waals surface area contributed by atoms with E-state index in [-0.39, 0.29) is 23.3 Å². The molecule has 0 bridgehead atoms. The Hall–Kier alpha value is -3.11. The molecule has 172 valence electrons. The maximum atomic E-state index is 14.5. The molecule has 1 atom stereocenters. The third-order valence-corrected chi connectivity index (χ3v) is 6.04. The first-order chi connectivity index (χ1) is 15.3. The van der Waals surface area contributed by atoms with Crippen molar-refractivity contribution in [1.29, 1.82) is 0 Å². The number of nitrogens with zero attached hydrogens (tertiary/aromatic N) is 3. The number of hydrazine groups is 1. The second kappa shape index (κ2) is 8.79. The third kappa shape index (κ3) is 4.56. The fraction of sp³-hybridized carbons (Fsp3) is 0.455. The van der Waals surface area contributed by atoms with Gasteiger partial charge >= 0.3 is 0 Å². The number of ether oxygens (including phenoxy) is 1. The predicted octanol–water partition coefficient (Wildman–Crippen LogP) is 1.25. The van der Waals surface area contributed by atoms with Gasteiger partial charge in [0.2, 0.25) is 5.91 Å². The van der Waals surface area contributed by atoms with Gasteiger partial charge in [0.05, 0.1) is 17.4 Å². The van der Waals surface area contributed by atoms with Gasteiger partial charge in [0.1, 0.15) is 18.0 Å². The Morgan fingerprint density at radius 3 is 2.69 bits per heavy atom. The van der Waals surface area contributed by atoms with Gasteiger partial charge in [-0.05, 0) is 25.8 Å². The molecule has 1 aromatic rings. The lowest BCUT2D eigenvalue weighted by Crippen LogP contribution is -2.50. The Kier molecular flexibility index (Phi) is 6.07. The summed E-state index contributed by atoms with van der Waals surface area (Å²) in [6, 6.07) is 2.74. The van der Waals surface area contributed by atoms with Gasteiger partial charge in [-0.1, -0.05) is 6.58 Å². The van der Waals surface area contributed by atoms with Crippen molar-refractivity contribution >= 4 is 17.3 Å². The van der Waals surface area contributed by atoms with Crippen molar-refractivity contribution in [2.75, 3.05) is 38.2 Å². The molecule has 0 aromatic heterocycles. The molecule has 9 nitrogen and oxygen atoms in total. The maximum Gasteiger partial charge on any atom is 0.248 e. The van der Waals surface area contributed by atoms with Crippen LogP contribution in [0, 0.1) is 5.82 Å². The van der Waals surface area contributed by atoms with Gasteiger partial charge < -0.3 is 30.8 Å². The van der Waals surface area contributed by atoms with E-state index in [0.717, 1.165) is 18.4 Å². The van der Waals surface area contributed by atoms with Crippen LogP contribution in [-0.2, 0) is 4.79 Å². The lowest BCUT2D eigenvalue weighted by Gasteiger charge is -2.36. The molecule has 32 heavy (non-hydrogen) atoms. The van der Waals surface area contributed by atoms with Gasteiger partial charge in [-0.3, -0.25) is 9.79 Å². The largest absolute Gasteiger partial charge is 0.484 e. The highest BCUT2D eigenvalue weighted by Gasteiger charge is 2.41. The van der Waals surface area contributed by atoms with Crippen LogP contribution >= 0.6 is 0 Å². The fourth-order valence-corrected chi connectivity index (χ4v) is 3.86. The number of hydrogen-bond acceptors (Lipinski definition) is 8. The van der Waals surface area contributed by atoms with E-state index < -0.39 is 12.4 Å². The van der Waals surface area contributed by atoms with Gasteiger partial charge in [-0.2, -0.15) is 0 Å². The Bertz CT molecular complexity index is 967. The van der Waals surface area contributed by atoms with Crippen LogP contribution in [0.4, 0.5) is 10.1 Å². The van der Waals surface area contributed by atoms with Crippen molar-refractivity contribution in [3.8, 4) is 5.75 Å². The second-order valence-corrected chi connectivity index (χ2v) is 8.46. The fourth-order valence-electron chi connectivity index (χ4n) is 3.86. The monoisotopic (exact) mass is 444 g/mol. The molecule has 2 fully saturated rings. The van der Waals surface area contributed by atoms with Gasteiger partial charge in [-0.15, -0.1) is 0 Å². The van der Waals surface area contributed by atoms with Crippen LogP contribution in [0.3, 0.4) is 0 Å². The topological polar surface area (TPSA) is 115 Å². The Labute approximate surface area is 186 Å². The lowest BCUT2D eigenvalue weighted by atomic mass is 10.0. The summed E-state index contributed by atoms with van der Waals surface area (Å²) >= 11 is 0. The number of fused-ring (bicyclic) bond motifs is 1. The summed E-state index contributed by atoms with van der Waals surface area (Å²) in [6.07, 6.45) is 5.00. The SMILES string of the molecule is C=C/N=C(\C=C(/N)N1CCN(C(=O)CO)CC1)[C@@H]1NNc2cc(F)c(OC3(C)CC3)cc21. The number of benzene rings is 1. The van der Waals surface area contributed by atoms with Gasteiger partial charge in [0.15, 0.2) is 11.6 Å². The Balaban J connectivity index is 1.53. The van der Waals surface area contributed by atoms with E-state index in [1.807, 2.05) is 11.8 Å². The zero-order chi connectivity index (χ0) is 22.9. The van der Waals surface area contributed by atoms with Crippen LogP contribution in [-0.4, -0.2) is 64.9 Å². The van der Waals surface area contributed by atoms with Crippen molar-refractivity contribution < 1.29 is 19.0 Å². The smallest absolute Gasteiger partial charge is 0.248 e. The number of rotatable bonds is 7. The number of halogens is 1. The van der Waals surface area contributed by atoms with Crippen LogP contribution in [0.5, 0.6) is 5.75 Å². The van der Waals surface area contributed by atoms with Crippen molar-refractivity contribution in [2.24, 2.45) is 10.7 Å². The molecule has 0 unspecified atom stereocenters. The summed E-state index contributed by atoms with van der Waals surface area (Å²) in [7, 11) is 0. The normalized spacial score (nSPS) is 22.3. The molecular weight excluding hydrogens is 415 g/mol. The first-order valence-electron chi connectivity index (χ1n) is 10.7. The first-order valence-corrected chi connectivity index (χ1v) is 10.7. The minimum atomic E-state index is -0.493. The second-order valence-electron chi connectivity index (χ2n) is 8.46. The van der Waals surface area contributed by atoms with Crippen molar-refractivity contribution in [1.82, 2.24) is 15.2 Å². The quantitative estimate of drug-likeness (QED) is 0.468. The van der Waals surface area contributed by atoms with Gasteiger partial charge in [0.25, 0.3) is 0 Å². The van der Waals surface area contributed by atoms with Crippen molar-refractivity contribution in [3.63, 3.8) is 0 Å². The van der Waals surface area contributed by atoms with Gasteiger partial charge in [-0.25, -0.2) is 9.82 Å². The molecule has 2 heterocycles. The highest BCUT2D eigenvalue weighted by molar-refractivity contribution is 6.02. The zero-order valence-electron chi connectivity index (χ0n) is 18.1. The number of amides is 1. The lowest BCUT2D eigenvalue weighted by molar-refractivity contribution is -0.135. The molecule has 2 aliphatic heterocycles. The summed E-state index contributed by atoms with van der Waals surface area (Å²) < 4.78 is 20.4. The molecule has 0 radical (unpaired) electrons. The van der Waals surface area contributed by atoms with E-state index in [9.17, 15) is 9.18 Å². The molecule has 1 aliphatic carbocycles. The number of nitrogens with one attached hydrogen (secondary N) is 2. The number of hydrogen-bond donors (Lipinski definition) is 4. The van der Waals surface area contributed by atoms with E-state index in [2.05, 4.69) is 22.4 Å². The van der Waals surface area contributed by atoms with E-state index in [1.54, 1.807) is 17.0 Å². The Morgan fingerprint density at radius 1 is 1.38 bits per heavy atom. The van der Waals surface area contributed by atoms with Crippen molar-refractivity contribution in [3.05, 3.63) is 48.2 Å². The highest BCUT2D eigenvalue weighted by atomic mass is 19.1. The molecule has 0 spiro atoms. The predicted molar refractivity (Wildman–Crippen MR) is 119 cm³/mol. The van der Waals surface area contributed by atoms with Crippen LogP contribution in [0.1, 0.15) is 31.4 Å². The number of piperazine rings is 1. The molecular formula is C22H29FN6O3. The minimum Gasteiger partial charge on any atom is -0.484 e. The summed E-state index contributed by atoms with van der Waals surface area (Å²) in [4.78, 5) is 19.6. The summed E-state index contributed by atoms with van der Waals surface area (Å²) in [5, 5.41) is 9.03. The average molecular weight is 445 g/mol. The molecule has 1 amide bonds. The summed E-state index contributed by atoms with van der Waals surface area (Å²) in [5.41, 5.74) is 14.2.